The molecule has 2 N–H and O–H groups in total. The van der Waals surface area contributed by atoms with E-state index in [1.807, 2.05) is 24.3 Å². The summed E-state index contributed by atoms with van der Waals surface area (Å²) in [6.45, 7) is 8.56. The van der Waals surface area contributed by atoms with Gasteiger partial charge in [-0.1, -0.05) is 12.1 Å². The number of hydrogen-bond donors (Lipinski definition) is 2. The van der Waals surface area contributed by atoms with Crippen molar-refractivity contribution in [2.75, 3.05) is 5.32 Å². The van der Waals surface area contributed by atoms with Crippen molar-refractivity contribution >= 4 is 22.5 Å². The summed E-state index contributed by atoms with van der Waals surface area (Å²) in [6.07, 6.45) is 4.55. The van der Waals surface area contributed by atoms with Gasteiger partial charge in [-0.05, 0) is 52.7 Å². The molecule has 3 aromatic rings. The van der Waals surface area contributed by atoms with Gasteiger partial charge in [0.15, 0.2) is 0 Å². The van der Waals surface area contributed by atoms with E-state index in [2.05, 4.69) is 53.3 Å². The fourth-order valence-electron chi connectivity index (χ4n) is 4.57. The van der Waals surface area contributed by atoms with Gasteiger partial charge in [0.25, 0.3) is 0 Å². The van der Waals surface area contributed by atoms with Crippen LogP contribution in [0.5, 0.6) is 0 Å². The van der Waals surface area contributed by atoms with Crippen molar-refractivity contribution in [3.8, 4) is 5.82 Å². The van der Waals surface area contributed by atoms with Gasteiger partial charge in [-0.2, -0.15) is 0 Å². The molecular formula is C20H25N7O2. The lowest BCUT2D eigenvalue weighted by Crippen LogP contribution is -2.60. The molecule has 29 heavy (non-hydrogen) atoms. The molecule has 1 fully saturated rings. The Balaban J connectivity index is 1.76. The molecule has 2 aromatic heterocycles. The monoisotopic (exact) mass is 395 g/mol. The van der Waals surface area contributed by atoms with Crippen molar-refractivity contribution in [2.45, 2.75) is 57.7 Å². The Morgan fingerprint density at radius 3 is 2.52 bits per heavy atom. The number of hydrogen-bond acceptors (Lipinski definition) is 7. The Labute approximate surface area is 168 Å². The highest BCUT2D eigenvalue weighted by molar-refractivity contribution is 5.79. The van der Waals surface area contributed by atoms with Gasteiger partial charge in [0.1, 0.15) is 12.7 Å². The van der Waals surface area contributed by atoms with E-state index in [1.54, 1.807) is 10.9 Å². The number of fused-ring (bicyclic) bond motifs is 1. The molecule has 152 valence electrons. The molecule has 0 radical (unpaired) electrons. The highest BCUT2D eigenvalue weighted by atomic mass is 16.6. The first-order chi connectivity index (χ1) is 13.7. The predicted molar refractivity (Wildman–Crippen MR) is 111 cm³/mol. The van der Waals surface area contributed by atoms with E-state index in [1.165, 1.54) is 6.33 Å². The van der Waals surface area contributed by atoms with Crippen LogP contribution < -0.4 is 10.6 Å². The molecule has 0 saturated carbocycles. The summed E-state index contributed by atoms with van der Waals surface area (Å²) in [4.78, 5) is 24.4. The second kappa shape index (κ2) is 6.77. The molecule has 9 nitrogen and oxygen atoms in total. The van der Waals surface area contributed by atoms with Crippen LogP contribution >= 0.6 is 0 Å². The molecule has 0 unspecified atom stereocenters. The van der Waals surface area contributed by atoms with Crippen LogP contribution in [0.15, 0.2) is 36.9 Å². The molecule has 4 rings (SSSR count). The second-order valence-corrected chi connectivity index (χ2v) is 8.90. The molecule has 0 bridgehead atoms. The van der Waals surface area contributed by atoms with E-state index in [4.69, 9.17) is 0 Å². The third-order valence-corrected chi connectivity index (χ3v) is 5.20. The van der Waals surface area contributed by atoms with Crippen LogP contribution in [0.1, 0.15) is 40.5 Å². The Morgan fingerprint density at radius 2 is 1.83 bits per heavy atom. The fraction of sp³-hybridized carbons (Fsp3) is 0.450. The summed E-state index contributed by atoms with van der Waals surface area (Å²) in [7, 11) is 0. The van der Waals surface area contributed by atoms with Gasteiger partial charge in [-0.3, -0.25) is 14.7 Å². The minimum atomic E-state index is -0.427. The molecule has 0 atom stereocenters. The molecule has 1 aliphatic rings. The molecule has 1 saturated heterocycles. The highest BCUT2D eigenvalue weighted by Crippen LogP contribution is 2.34. The standard InChI is InChI=1S/C20H25N7O2/c1-19(2)9-13(10-20(3,4)25-19)24-17-16(27(28)29)18(22-11-21-17)26-12-23-14-7-5-6-8-15(14)26/h5-8,11-13,25H,9-10H2,1-4H3,(H,21,22,24). The van der Waals surface area contributed by atoms with Gasteiger partial charge in [-0.25, -0.2) is 15.0 Å². The number of imidazole rings is 1. The van der Waals surface area contributed by atoms with Gasteiger partial charge in [0.2, 0.25) is 11.6 Å². The summed E-state index contributed by atoms with van der Waals surface area (Å²) in [6, 6.07) is 7.51. The summed E-state index contributed by atoms with van der Waals surface area (Å²) < 4.78 is 1.64. The molecule has 1 aromatic carbocycles. The predicted octanol–water partition coefficient (Wildman–Crippen LogP) is 3.44. The zero-order chi connectivity index (χ0) is 20.8. The number of rotatable bonds is 4. The average Bonchev–Trinajstić information content (AvgIpc) is 3.02. The van der Waals surface area contributed by atoms with Crippen molar-refractivity contribution in [3.63, 3.8) is 0 Å². The molecule has 3 heterocycles. The van der Waals surface area contributed by atoms with Crippen molar-refractivity contribution < 1.29 is 4.92 Å². The second-order valence-electron chi connectivity index (χ2n) is 8.90. The molecule has 0 spiro atoms. The number of anilines is 1. The van der Waals surface area contributed by atoms with E-state index >= 15 is 0 Å². The molecule has 0 amide bonds. The Bertz CT molecular complexity index is 1060. The van der Waals surface area contributed by atoms with Crippen LogP contribution in [-0.4, -0.2) is 41.6 Å². The van der Waals surface area contributed by atoms with Gasteiger partial charge in [0.05, 0.1) is 16.0 Å². The van der Waals surface area contributed by atoms with Crippen molar-refractivity contribution in [3.05, 3.63) is 47.0 Å². The number of nitrogens with zero attached hydrogens (tertiary/aromatic N) is 5. The van der Waals surface area contributed by atoms with Crippen molar-refractivity contribution in [1.29, 1.82) is 0 Å². The maximum absolute atomic E-state index is 12.0. The largest absolute Gasteiger partial charge is 0.361 e. The van der Waals surface area contributed by atoms with Gasteiger partial charge >= 0.3 is 5.69 Å². The quantitative estimate of drug-likeness (QED) is 0.514. The number of para-hydroxylation sites is 2. The van der Waals surface area contributed by atoms with E-state index in [-0.39, 0.29) is 34.4 Å². The maximum atomic E-state index is 12.0. The van der Waals surface area contributed by atoms with Crippen LogP contribution in [0, 0.1) is 10.1 Å². The zero-order valence-electron chi connectivity index (χ0n) is 17.0. The van der Waals surface area contributed by atoms with Gasteiger partial charge in [-0.15, -0.1) is 0 Å². The van der Waals surface area contributed by atoms with Crippen molar-refractivity contribution in [1.82, 2.24) is 24.8 Å². The SMILES string of the molecule is CC1(C)CC(Nc2ncnc(-n3cnc4ccccc43)c2[N+](=O)[O-])CC(C)(C)N1. The van der Waals surface area contributed by atoms with Crippen molar-refractivity contribution in [2.24, 2.45) is 0 Å². The molecule has 9 heteroatoms. The average molecular weight is 395 g/mol. The third-order valence-electron chi connectivity index (χ3n) is 5.20. The van der Waals surface area contributed by atoms with Crippen LogP contribution in [0.3, 0.4) is 0 Å². The highest BCUT2D eigenvalue weighted by Gasteiger charge is 2.39. The summed E-state index contributed by atoms with van der Waals surface area (Å²) in [5.74, 6) is 0.435. The molecule has 1 aliphatic heterocycles. The maximum Gasteiger partial charge on any atom is 0.354 e. The lowest BCUT2D eigenvalue weighted by Gasteiger charge is -2.46. The first kappa shape index (κ1) is 19.3. The number of aromatic nitrogens is 4. The Morgan fingerprint density at radius 1 is 1.14 bits per heavy atom. The summed E-state index contributed by atoms with van der Waals surface area (Å²) >= 11 is 0. The number of benzene rings is 1. The number of piperidine rings is 1. The van der Waals surface area contributed by atoms with Gasteiger partial charge in [0, 0.05) is 17.1 Å². The molecule has 0 aliphatic carbocycles. The lowest BCUT2D eigenvalue weighted by atomic mass is 9.79. The van der Waals surface area contributed by atoms with Crippen LogP contribution in [-0.2, 0) is 0 Å². The number of nitrogens with one attached hydrogen (secondary N) is 2. The first-order valence-electron chi connectivity index (χ1n) is 9.63. The topological polar surface area (TPSA) is 111 Å². The minimum Gasteiger partial charge on any atom is -0.361 e. The Kier molecular flexibility index (Phi) is 4.49. The van der Waals surface area contributed by atoms with E-state index in [9.17, 15) is 10.1 Å². The van der Waals surface area contributed by atoms with E-state index < -0.39 is 4.92 Å². The zero-order valence-corrected chi connectivity index (χ0v) is 17.0. The van der Waals surface area contributed by atoms with E-state index in [0.29, 0.717) is 0 Å². The lowest BCUT2D eigenvalue weighted by molar-refractivity contribution is -0.384. The molecular weight excluding hydrogens is 370 g/mol. The normalized spacial score (nSPS) is 18.6. The van der Waals surface area contributed by atoms with E-state index in [0.717, 1.165) is 23.9 Å². The van der Waals surface area contributed by atoms with Crippen LogP contribution in [0.2, 0.25) is 0 Å². The van der Waals surface area contributed by atoms with Gasteiger partial charge < -0.3 is 10.6 Å². The Hall–Kier alpha value is -3.07. The fourth-order valence-corrected chi connectivity index (χ4v) is 4.57. The first-order valence-corrected chi connectivity index (χ1v) is 9.63. The third kappa shape index (κ3) is 3.77. The smallest absolute Gasteiger partial charge is 0.354 e. The summed E-state index contributed by atoms with van der Waals surface area (Å²) in [5, 5.41) is 19.0. The minimum absolute atomic E-state index is 0.0437. The van der Waals surface area contributed by atoms with Crippen LogP contribution in [0.25, 0.3) is 16.9 Å². The van der Waals surface area contributed by atoms with Crippen LogP contribution in [0.4, 0.5) is 11.5 Å². The summed E-state index contributed by atoms with van der Waals surface area (Å²) in [5.41, 5.74) is 1.17. The number of nitro groups is 1.